The van der Waals surface area contributed by atoms with Crippen molar-refractivity contribution in [3.63, 3.8) is 0 Å². The molecular formula is C9H11N3O5S. The molecular weight excluding hydrogens is 262 g/mol. The zero-order valence-corrected chi connectivity index (χ0v) is 10.2. The molecule has 1 fully saturated rings. The summed E-state index contributed by atoms with van der Waals surface area (Å²) in [7, 11) is 1.49. The lowest BCUT2D eigenvalue weighted by Gasteiger charge is -2.14. The first kappa shape index (κ1) is 11.8. The van der Waals surface area contributed by atoms with Crippen LogP contribution in [-0.2, 0) is 11.8 Å². The van der Waals surface area contributed by atoms with Gasteiger partial charge in [0.2, 0.25) is 0 Å². The molecule has 3 rings (SSSR count). The zero-order valence-electron chi connectivity index (χ0n) is 9.39. The van der Waals surface area contributed by atoms with Crippen LogP contribution in [0, 0.1) is 4.77 Å². The van der Waals surface area contributed by atoms with E-state index in [9.17, 15) is 9.90 Å². The molecule has 0 aliphatic carbocycles. The van der Waals surface area contributed by atoms with Crippen LogP contribution >= 0.6 is 12.2 Å². The van der Waals surface area contributed by atoms with Crippen LogP contribution in [0.2, 0.25) is 0 Å². The van der Waals surface area contributed by atoms with Gasteiger partial charge < -0.3 is 19.7 Å². The van der Waals surface area contributed by atoms with Gasteiger partial charge in [-0.15, -0.1) is 4.98 Å². The van der Waals surface area contributed by atoms with Gasteiger partial charge in [0.25, 0.3) is 0 Å². The second kappa shape index (κ2) is 3.85. The number of nitrogens with zero attached hydrogens (tertiary/aromatic N) is 3. The number of hydrogen-bond donors (Lipinski definition) is 2. The molecule has 3 heterocycles. The van der Waals surface area contributed by atoms with Gasteiger partial charge in [-0.1, -0.05) is 0 Å². The Morgan fingerprint density at radius 1 is 1.56 bits per heavy atom. The Bertz CT molecular complexity index is 611. The maximum Gasteiger partial charge on any atom is 0.354 e. The lowest BCUT2D eigenvalue weighted by Crippen LogP contribution is -2.35. The van der Waals surface area contributed by atoms with Crippen molar-refractivity contribution in [2.45, 2.75) is 24.5 Å². The highest BCUT2D eigenvalue weighted by atomic mass is 32.1. The molecule has 2 aliphatic rings. The van der Waals surface area contributed by atoms with Gasteiger partial charge in [0.05, 0.1) is 6.61 Å². The molecule has 8 nitrogen and oxygen atoms in total. The van der Waals surface area contributed by atoms with E-state index in [4.69, 9.17) is 26.8 Å². The minimum Gasteiger partial charge on any atom is -0.453 e. The first-order valence-electron chi connectivity index (χ1n) is 5.35. The topological polar surface area (TPSA) is 98.7 Å². The fraction of sp³-hybridized carbons (Fsp3) is 0.667. The SMILES string of the molecule is Cn1c(=O)nc2n(c1=S)[C@@H]1O[C@H](CO)[C@@H](O)[C@@H]1O2. The highest BCUT2D eigenvalue weighted by Crippen LogP contribution is 2.38. The number of fused-ring (bicyclic) bond motifs is 3. The number of rotatable bonds is 1. The molecule has 0 spiro atoms. The summed E-state index contributed by atoms with van der Waals surface area (Å²) in [6.07, 6.45) is -3.10. The summed E-state index contributed by atoms with van der Waals surface area (Å²) >= 11 is 5.13. The Labute approximate surface area is 106 Å². The number of aliphatic hydroxyl groups excluding tert-OH is 2. The van der Waals surface area contributed by atoms with Crippen molar-refractivity contribution in [3.05, 3.63) is 15.3 Å². The van der Waals surface area contributed by atoms with Gasteiger partial charge in [-0.25, -0.2) is 9.36 Å². The van der Waals surface area contributed by atoms with Gasteiger partial charge in [0.1, 0.15) is 12.2 Å². The average Bonchev–Trinajstić information content (AvgIpc) is 2.83. The van der Waals surface area contributed by atoms with E-state index in [0.717, 1.165) is 0 Å². The highest BCUT2D eigenvalue weighted by Gasteiger charge is 2.51. The number of aliphatic hydroxyl groups is 2. The van der Waals surface area contributed by atoms with Gasteiger partial charge in [-0.3, -0.25) is 4.57 Å². The van der Waals surface area contributed by atoms with Crippen LogP contribution in [0.4, 0.5) is 0 Å². The summed E-state index contributed by atoms with van der Waals surface area (Å²) in [6.45, 7) is -0.320. The molecule has 0 aromatic carbocycles. The molecule has 0 radical (unpaired) electrons. The van der Waals surface area contributed by atoms with Crippen molar-refractivity contribution in [2.75, 3.05) is 6.61 Å². The Morgan fingerprint density at radius 3 is 2.94 bits per heavy atom. The van der Waals surface area contributed by atoms with E-state index in [2.05, 4.69) is 4.98 Å². The predicted molar refractivity (Wildman–Crippen MR) is 59.7 cm³/mol. The maximum atomic E-state index is 11.5. The zero-order chi connectivity index (χ0) is 13.0. The molecule has 18 heavy (non-hydrogen) atoms. The number of aromatic nitrogens is 3. The minimum atomic E-state index is -0.989. The van der Waals surface area contributed by atoms with Crippen LogP contribution in [0.5, 0.6) is 6.01 Å². The summed E-state index contributed by atoms with van der Waals surface area (Å²) in [4.78, 5) is 15.2. The average molecular weight is 273 g/mol. The third kappa shape index (κ3) is 1.38. The summed E-state index contributed by atoms with van der Waals surface area (Å²) in [6, 6.07) is 0.0357. The van der Waals surface area contributed by atoms with Crippen LogP contribution in [-0.4, -0.2) is 49.3 Å². The van der Waals surface area contributed by atoms with Gasteiger partial charge in [0.15, 0.2) is 17.1 Å². The quantitative estimate of drug-likeness (QED) is 0.590. The van der Waals surface area contributed by atoms with Gasteiger partial charge >= 0.3 is 11.7 Å². The normalized spacial score (nSPS) is 33.1. The first-order valence-corrected chi connectivity index (χ1v) is 5.76. The fourth-order valence-corrected chi connectivity index (χ4v) is 2.42. The molecule has 0 saturated carbocycles. The van der Waals surface area contributed by atoms with Gasteiger partial charge in [-0.2, -0.15) is 0 Å². The smallest absolute Gasteiger partial charge is 0.354 e. The Kier molecular flexibility index (Phi) is 2.52. The molecule has 0 amide bonds. The standard InChI is InChI=1S/C9H11N3O5S/c1-11-7(15)10-8-12(9(11)18)6-5(17-8)4(14)3(2-13)16-6/h3-6,13-14H,2H2,1H3/t3-,4-,5+,6-/m1/s1. The Balaban J connectivity index is 2.12. The third-order valence-corrected chi connectivity index (χ3v) is 3.64. The number of hydrogen-bond acceptors (Lipinski definition) is 7. The predicted octanol–water partition coefficient (Wildman–Crippen LogP) is -1.68. The third-order valence-electron chi connectivity index (χ3n) is 3.17. The van der Waals surface area contributed by atoms with Crippen LogP contribution in [0.1, 0.15) is 6.23 Å². The van der Waals surface area contributed by atoms with Crippen molar-refractivity contribution in [2.24, 2.45) is 7.05 Å². The van der Waals surface area contributed by atoms with Crippen molar-refractivity contribution in [1.29, 1.82) is 0 Å². The lowest BCUT2D eigenvalue weighted by molar-refractivity contribution is -0.0445. The molecule has 9 heteroatoms. The molecule has 2 N–H and O–H groups in total. The van der Waals surface area contributed by atoms with Crippen LogP contribution < -0.4 is 10.4 Å². The lowest BCUT2D eigenvalue weighted by atomic mass is 10.1. The summed E-state index contributed by atoms with van der Waals surface area (Å²) < 4.78 is 13.7. The summed E-state index contributed by atoms with van der Waals surface area (Å²) in [5.41, 5.74) is -0.528. The monoisotopic (exact) mass is 273 g/mol. The minimum absolute atomic E-state index is 0.0357. The number of ether oxygens (including phenoxy) is 2. The summed E-state index contributed by atoms with van der Waals surface area (Å²) in [5.74, 6) is 0. The molecule has 0 unspecified atom stereocenters. The van der Waals surface area contributed by atoms with Crippen molar-refractivity contribution in [1.82, 2.24) is 14.1 Å². The second-order valence-corrected chi connectivity index (χ2v) is 4.57. The van der Waals surface area contributed by atoms with E-state index >= 15 is 0 Å². The van der Waals surface area contributed by atoms with E-state index in [1.807, 2.05) is 0 Å². The van der Waals surface area contributed by atoms with Crippen LogP contribution in [0.15, 0.2) is 4.79 Å². The second-order valence-electron chi connectivity index (χ2n) is 4.21. The Hall–Kier alpha value is -1.29. The largest absolute Gasteiger partial charge is 0.453 e. The Morgan fingerprint density at radius 2 is 2.28 bits per heavy atom. The molecule has 1 saturated heterocycles. The molecule has 1 aromatic rings. The first-order chi connectivity index (χ1) is 8.54. The molecule has 98 valence electrons. The van der Waals surface area contributed by atoms with E-state index in [1.165, 1.54) is 16.2 Å². The molecule has 4 atom stereocenters. The van der Waals surface area contributed by atoms with Gasteiger partial charge in [0, 0.05) is 7.05 Å². The fourth-order valence-electron chi connectivity index (χ4n) is 2.16. The van der Waals surface area contributed by atoms with Crippen LogP contribution in [0.25, 0.3) is 0 Å². The van der Waals surface area contributed by atoms with Gasteiger partial charge in [-0.05, 0) is 12.2 Å². The molecule has 1 aromatic heterocycles. The maximum absolute atomic E-state index is 11.5. The van der Waals surface area contributed by atoms with E-state index in [1.54, 1.807) is 0 Å². The van der Waals surface area contributed by atoms with E-state index in [-0.39, 0.29) is 17.4 Å². The highest BCUT2D eigenvalue weighted by molar-refractivity contribution is 7.71. The van der Waals surface area contributed by atoms with Crippen molar-refractivity contribution >= 4 is 12.2 Å². The molecule has 2 aliphatic heterocycles. The van der Waals surface area contributed by atoms with Crippen molar-refractivity contribution < 1.29 is 19.7 Å². The molecule has 0 bridgehead atoms. The summed E-state index contributed by atoms with van der Waals surface area (Å²) in [5, 5.41) is 19.0. The van der Waals surface area contributed by atoms with Crippen molar-refractivity contribution in [3.8, 4) is 6.01 Å². The van der Waals surface area contributed by atoms with E-state index in [0.29, 0.717) is 0 Å². The van der Waals surface area contributed by atoms with E-state index < -0.39 is 30.2 Å². The van der Waals surface area contributed by atoms with Crippen LogP contribution in [0.3, 0.4) is 0 Å².